The number of fused-ring (bicyclic) bond motifs is 1. The van der Waals surface area contributed by atoms with Crippen LogP contribution in [0.2, 0.25) is 0 Å². The third kappa shape index (κ3) is 3.87. The van der Waals surface area contributed by atoms with E-state index in [1.807, 2.05) is 0 Å². The van der Waals surface area contributed by atoms with Crippen LogP contribution in [-0.2, 0) is 16.8 Å². The molecule has 2 aromatic rings. The van der Waals surface area contributed by atoms with Crippen molar-refractivity contribution in [2.24, 2.45) is 0 Å². The molecule has 0 saturated heterocycles. The molecule has 1 fully saturated rings. The van der Waals surface area contributed by atoms with Crippen LogP contribution >= 0.6 is 0 Å². The standard InChI is InChI=1S/C24H31NO/c1-23(2)13-12-22(20-10-6-7-11-21(20)23)25-24(14-15-24)16-17-26-18-19-8-4-3-5-9-19/h3-11,22,25H,12-18H2,1-2H3. The molecule has 1 saturated carbocycles. The van der Waals surface area contributed by atoms with Gasteiger partial charge in [0.1, 0.15) is 0 Å². The second-order valence-electron chi connectivity index (χ2n) is 8.78. The van der Waals surface area contributed by atoms with Gasteiger partial charge in [0.15, 0.2) is 0 Å². The molecule has 2 nitrogen and oxygen atoms in total. The topological polar surface area (TPSA) is 21.3 Å². The molecule has 1 N–H and O–H groups in total. The summed E-state index contributed by atoms with van der Waals surface area (Å²) in [5, 5.41) is 4.02. The van der Waals surface area contributed by atoms with Gasteiger partial charge in [0, 0.05) is 18.2 Å². The third-order valence-electron chi connectivity index (χ3n) is 6.29. The second-order valence-corrected chi connectivity index (χ2v) is 8.78. The summed E-state index contributed by atoms with van der Waals surface area (Å²) >= 11 is 0. The quantitative estimate of drug-likeness (QED) is 0.664. The fourth-order valence-electron chi connectivity index (χ4n) is 4.38. The van der Waals surface area contributed by atoms with Crippen molar-refractivity contribution in [1.29, 1.82) is 0 Å². The van der Waals surface area contributed by atoms with Gasteiger partial charge in [0.2, 0.25) is 0 Å². The van der Waals surface area contributed by atoms with E-state index in [4.69, 9.17) is 4.74 Å². The van der Waals surface area contributed by atoms with Crippen LogP contribution in [0.1, 0.15) is 68.7 Å². The maximum Gasteiger partial charge on any atom is 0.0716 e. The average molecular weight is 350 g/mol. The third-order valence-corrected chi connectivity index (χ3v) is 6.29. The van der Waals surface area contributed by atoms with E-state index in [0.29, 0.717) is 17.0 Å². The van der Waals surface area contributed by atoms with Crippen LogP contribution in [0.4, 0.5) is 0 Å². The fraction of sp³-hybridized carbons (Fsp3) is 0.500. The van der Waals surface area contributed by atoms with Gasteiger partial charge in [-0.1, -0.05) is 68.4 Å². The van der Waals surface area contributed by atoms with Crippen molar-refractivity contribution in [3.63, 3.8) is 0 Å². The second kappa shape index (κ2) is 7.17. The van der Waals surface area contributed by atoms with Crippen LogP contribution in [0.3, 0.4) is 0 Å². The lowest BCUT2D eigenvalue weighted by Crippen LogP contribution is -2.40. The zero-order valence-corrected chi connectivity index (χ0v) is 16.1. The first kappa shape index (κ1) is 17.8. The first-order chi connectivity index (χ1) is 12.6. The van der Waals surface area contributed by atoms with Crippen LogP contribution < -0.4 is 5.32 Å². The highest BCUT2D eigenvalue weighted by molar-refractivity contribution is 5.38. The van der Waals surface area contributed by atoms with Gasteiger partial charge in [-0.15, -0.1) is 0 Å². The van der Waals surface area contributed by atoms with Crippen molar-refractivity contribution < 1.29 is 4.74 Å². The Morgan fingerprint density at radius 1 is 0.962 bits per heavy atom. The van der Waals surface area contributed by atoms with E-state index >= 15 is 0 Å². The molecule has 1 atom stereocenters. The minimum absolute atomic E-state index is 0.296. The summed E-state index contributed by atoms with van der Waals surface area (Å²) in [5.41, 5.74) is 4.90. The predicted molar refractivity (Wildman–Crippen MR) is 107 cm³/mol. The molecule has 2 heteroatoms. The Balaban J connectivity index is 1.34. The molecule has 0 bridgehead atoms. The molecule has 2 aromatic carbocycles. The molecule has 0 aromatic heterocycles. The van der Waals surface area contributed by atoms with Gasteiger partial charge >= 0.3 is 0 Å². The molecule has 0 aliphatic heterocycles. The molecule has 138 valence electrons. The van der Waals surface area contributed by atoms with E-state index in [2.05, 4.69) is 73.8 Å². The van der Waals surface area contributed by atoms with E-state index in [0.717, 1.165) is 19.6 Å². The summed E-state index contributed by atoms with van der Waals surface area (Å²) in [6.45, 7) is 6.32. The number of hydrogen-bond acceptors (Lipinski definition) is 2. The molecule has 0 amide bonds. The largest absolute Gasteiger partial charge is 0.377 e. The van der Waals surface area contributed by atoms with Crippen LogP contribution in [0.15, 0.2) is 54.6 Å². The summed E-state index contributed by atoms with van der Waals surface area (Å²) in [7, 11) is 0. The van der Waals surface area contributed by atoms with Gasteiger partial charge in [0.25, 0.3) is 0 Å². The van der Waals surface area contributed by atoms with Crippen LogP contribution in [0.5, 0.6) is 0 Å². The Morgan fingerprint density at radius 2 is 1.69 bits per heavy atom. The Morgan fingerprint density at radius 3 is 2.46 bits per heavy atom. The molecule has 2 aliphatic rings. The molecular formula is C24H31NO. The van der Waals surface area contributed by atoms with Gasteiger partial charge in [-0.25, -0.2) is 0 Å². The summed E-state index contributed by atoms with van der Waals surface area (Å²) < 4.78 is 5.95. The predicted octanol–water partition coefficient (Wildman–Crippen LogP) is 5.53. The van der Waals surface area contributed by atoms with E-state index < -0.39 is 0 Å². The highest BCUT2D eigenvalue weighted by atomic mass is 16.5. The molecule has 0 heterocycles. The van der Waals surface area contributed by atoms with E-state index in [1.54, 1.807) is 0 Å². The molecule has 0 spiro atoms. The Kier molecular flexibility index (Phi) is 4.90. The van der Waals surface area contributed by atoms with Crippen LogP contribution in [0.25, 0.3) is 0 Å². The number of nitrogens with one attached hydrogen (secondary N) is 1. The Labute approximate surface area is 158 Å². The van der Waals surface area contributed by atoms with Gasteiger partial charge in [-0.05, 0) is 54.2 Å². The lowest BCUT2D eigenvalue weighted by molar-refractivity contribution is 0.106. The first-order valence-electron chi connectivity index (χ1n) is 10.1. The number of rotatable bonds is 7. The monoisotopic (exact) mass is 349 g/mol. The smallest absolute Gasteiger partial charge is 0.0716 e. The minimum Gasteiger partial charge on any atom is -0.377 e. The molecule has 0 radical (unpaired) electrons. The summed E-state index contributed by atoms with van der Waals surface area (Å²) in [6.07, 6.45) is 6.16. The zero-order chi connectivity index (χ0) is 18.0. The van der Waals surface area contributed by atoms with E-state index in [-0.39, 0.29) is 0 Å². The SMILES string of the molecule is CC1(C)CCC(NC2(CCOCc3ccccc3)CC2)c2ccccc21. The highest BCUT2D eigenvalue weighted by Gasteiger charge is 2.45. The van der Waals surface area contributed by atoms with Crippen molar-refractivity contribution in [2.75, 3.05) is 6.61 Å². The molecule has 2 aliphatic carbocycles. The molecule has 1 unspecified atom stereocenters. The maximum atomic E-state index is 5.95. The van der Waals surface area contributed by atoms with Crippen molar-refractivity contribution in [3.8, 4) is 0 Å². The Hall–Kier alpha value is -1.64. The summed E-state index contributed by atoms with van der Waals surface area (Å²) in [6, 6.07) is 20.0. The molecular weight excluding hydrogens is 318 g/mol. The normalized spacial score (nSPS) is 22.6. The number of benzene rings is 2. The van der Waals surface area contributed by atoms with Gasteiger partial charge in [-0.2, -0.15) is 0 Å². The highest BCUT2D eigenvalue weighted by Crippen LogP contribution is 2.46. The lowest BCUT2D eigenvalue weighted by atomic mass is 9.71. The van der Waals surface area contributed by atoms with Crippen LogP contribution in [-0.4, -0.2) is 12.1 Å². The van der Waals surface area contributed by atoms with Crippen molar-refractivity contribution in [3.05, 3.63) is 71.3 Å². The van der Waals surface area contributed by atoms with Gasteiger partial charge < -0.3 is 10.1 Å². The number of ether oxygens (including phenoxy) is 1. The average Bonchev–Trinajstić information content (AvgIpc) is 3.42. The maximum absolute atomic E-state index is 5.95. The minimum atomic E-state index is 0.296. The van der Waals surface area contributed by atoms with E-state index in [1.165, 1.54) is 42.4 Å². The summed E-state index contributed by atoms with van der Waals surface area (Å²) in [5.74, 6) is 0. The Bertz CT molecular complexity index is 733. The van der Waals surface area contributed by atoms with E-state index in [9.17, 15) is 0 Å². The van der Waals surface area contributed by atoms with Gasteiger partial charge in [0.05, 0.1) is 6.61 Å². The molecule has 26 heavy (non-hydrogen) atoms. The fourth-order valence-corrected chi connectivity index (χ4v) is 4.38. The molecule has 4 rings (SSSR count). The van der Waals surface area contributed by atoms with Gasteiger partial charge in [-0.3, -0.25) is 0 Å². The lowest BCUT2D eigenvalue weighted by Gasteiger charge is -2.39. The van der Waals surface area contributed by atoms with Crippen molar-refractivity contribution in [2.45, 2.75) is 69.6 Å². The summed E-state index contributed by atoms with van der Waals surface area (Å²) in [4.78, 5) is 0. The number of hydrogen-bond donors (Lipinski definition) is 1. The van der Waals surface area contributed by atoms with Crippen LogP contribution in [0, 0.1) is 0 Å². The first-order valence-corrected chi connectivity index (χ1v) is 10.1. The van der Waals surface area contributed by atoms with Crippen molar-refractivity contribution in [1.82, 2.24) is 5.32 Å². The van der Waals surface area contributed by atoms with Crippen molar-refractivity contribution >= 4 is 0 Å². The zero-order valence-electron chi connectivity index (χ0n) is 16.1.